The SMILES string of the molecule is CC1CN(C(C(=O)N(C)CCO)C(C)C)CC(C)O1. The number of nitrogens with zero attached hydrogens (tertiary/aromatic N) is 2. The van der Waals surface area contributed by atoms with Gasteiger partial charge in [-0.3, -0.25) is 9.69 Å². The number of ether oxygens (including phenoxy) is 1. The van der Waals surface area contributed by atoms with E-state index < -0.39 is 0 Å². The van der Waals surface area contributed by atoms with Gasteiger partial charge in [0.15, 0.2) is 0 Å². The van der Waals surface area contributed by atoms with Crippen molar-refractivity contribution in [3.63, 3.8) is 0 Å². The Morgan fingerprint density at radius 2 is 1.89 bits per heavy atom. The summed E-state index contributed by atoms with van der Waals surface area (Å²) < 4.78 is 5.73. The lowest BCUT2D eigenvalue weighted by molar-refractivity contribution is -0.144. The third kappa shape index (κ3) is 4.44. The smallest absolute Gasteiger partial charge is 0.240 e. The number of amides is 1. The maximum absolute atomic E-state index is 12.5. The number of likely N-dealkylation sites (N-methyl/N-ethyl adjacent to an activating group) is 1. The Labute approximate surface area is 116 Å². The Bertz CT molecular complexity index is 286. The number of aliphatic hydroxyl groups is 1. The Morgan fingerprint density at radius 3 is 2.32 bits per heavy atom. The molecule has 3 unspecified atom stereocenters. The van der Waals surface area contributed by atoms with Crippen LogP contribution < -0.4 is 0 Å². The average Bonchev–Trinajstić information content (AvgIpc) is 2.27. The van der Waals surface area contributed by atoms with E-state index in [1.807, 2.05) is 13.8 Å². The number of hydrogen-bond donors (Lipinski definition) is 1. The van der Waals surface area contributed by atoms with E-state index in [1.54, 1.807) is 11.9 Å². The predicted molar refractivity (Wildman–Crippen MR) is 74.9 cm³/mol. The summed E-state index contributed by atoms with van der Waals surface area (Å²) in [5.41, 5.74) is 0. The van der Waals surface area contributed by atoms with E-state index in [2.05, 4.69) is 18.7 Å². The van der Waals surface area contributed by atoms with Crippen molar-refractivity contribution in [3.05, 3.63) is 0 Å². The quantitative estimate of drug-likeness (QED) is 0.795. The third-order valence-corrected chi connectivity index (χ3v) is 3.54. The van der Waals surface area contributed by atoms with Crippen molar-refractivity contribution in [3.8, 4) is 0 Å². The number of carbonyl (C=O) groups excluding carboxylic acids is 1. The number of hydrogen-bond acceptors (Lipinski definition) is 4. The number of rotatable bonds is 5. The standard InChI is InChI=1S/C14H28N2O3/c1-10(2)13(14(18)15(5)6-7-17)16-8-11(3)19-12(4)9-16/h10-13,17H,6-9H2,1-5H3. The third-order valence-electron chi connectivity index (χ3n) is 3.54. The van der Waals surface area contributed by atoms with Crippen LogP contribution in [0.25, 0.3) is 0 Å². The fraction of sp³-hybridized carbons (Fsp3) is 0.929. The van der Waals surface area contributed by atoms with E-state index in [1.165, 1.54) is 0 Å². The van der Waals surface area contributed by atoms with Gasteiger partial charge in [-0.15, -0.1) is 0 Å². The molecule has 1 heterocycles. The highest BCUT2D eigenvalue weighted by Crippen LogP contribution is 2.19. The van der Waals surface area contributed by atoms with Crippen LogP contribution in [0.5, 0.6) is 0 Å². The summed E-state index contributed by atoms with van der Waals surface area (Å²) >= 11 is 0. The highest BCUT2D eigenvalue weighted by Gasteiger charge is 2.35. The van der Waals surface area contributed by atoms with Gasteiger partial charge in [0.05, 0.1) is 24.9 Å². The lowest BCUT2D eigenvalue weighted by atomic mass is 9.99. The van der Waals surface area contributed by atoms with Crippen molar-refractivity contribution in [1.29, 1.82) is 0 Å². The van der Waals surface area contributed by atoms with Crippen molar-refractivity contribution < 1.29 is 14.6 Å². The van der Waals surface area contributed by atoms with Crippen LogP contribution >= 0.6 is 0 Å². The Morgan fingerprint density at radius 1 is 1.37 bits per heavy atom. The molecule has 1 amide bonds. The first-order valence-electron chi connectivity index (χ1n) is 7.12. The molecule has 1 aliphatic heterocycles. The minimum atomic E-state index is -0.134. The molecule has 0 aliphatic carbocycles. The number of aliphatic hydroxyl groups excluding tert-OH is 1. The molecule has 1 aliphatic rings. The summed E-state index contributed by atoms with van der Waals surface area (Å²) in [5.74, 6) is 0.330. The molecule has 0 aromatic heterocycles. The second-order valence-corrected chi connectivity index (χ2v) is 5.88. The maximum Gasteiger partial charge on any atom is 0.240 e. The first-order chi connectivity index (χ1) is 8.86. The van der Waals surface area contributed by atoms with Gasteiger partial charge >= 0.3 is 0 Å². The molecule has 0 saturated carbocycles. The molecule has 1 N–H and O–H groups in total. The van der Waals surface area contributed by atoms with Gasteiger partial charge in [-0.25, -0.2) is 0 Å². The lowest BCUT2D eigenvalue weighted by Gasteiger charge is -2.42. The minimum Gasteiger partial charge on any atom is -0.395 e. The van der Waals surface area contributed by atoms with Crippen LogP contribution in [0.2, 0.25) is 0 Å². The van der Waals surface area contributed by atoms with Crippen LogP contribution in [0, 0.1) is 5.92 Å². The molecule has 1 saturated heterocycles. The molecule has 19 heavy (non-hydrogen) atoms. The predicted octanol–water partition coefficient (Wildman–Crippen LogP) is 0.571. The van der Waals surface area contributed by atoms with E-state index in [4.69, 9.17) is 9.84 Å². The Kier molecular flexibility index (Phi) is 6.23. The van der Waals surface area contributed by atoms with E-state index in [0.717, 1.165) is 13.1 Å². The van der Waals surface area contributed by atoms with Crippen molar-refractivity contribution in [2.45, 2.75) is 45.9 Å². The van der Waals surface area contributed by atoms with Crippen molar-refractivity contribution in [2.24, 2.45) is 5.92 Å². The molecule has 0 aromatic carbocycles. The van der Waals surface area contributed by atoms with Crippen LogP contribution in [-0.2, 0) is 9.53 Å². The average molecular weight is 272 g/mol. The first kappa shape index (κ1) is 16.4. The number of morpholine rings is 1. The largest absolute Gasteiger partial charge is 0.395 e. The van der Waals surface area contributed by atoms with E-state index in [-0.39, 0.29) is 36.7 Å². The highest BCUT2D eigenvalue weighted by atomic mass is 16.5. The lowest BCUT2D eigenvalue weighted by Crippen LogP contribution is -2.57. The summed E-state index contributed by atoms with van der Waals surface area (Å²) in [6, 6.07) is -0.134. The zero-order valence-corrected chi connectivity index (χ0v) is 12.8. The summed E-state index contributed by atoms with van der Waals surface area (Å²) in [5, 5.41) is 8.97. The van der Waals surface area contributed by atoms with Crippen LogP contribution in [0.1, 0.15) is 27.7 Å². The van der Waals surface area contributed by atoms with Crippen LogP contribution in [0.15, 0.2) is 0 Å². The molecule has 0 bridgehead atoms. The van der Waals surface area contributed by atoms with E-state index >= 15 is 0 Å². The Hall–Kier alpha value is -0.650. The van der Waals surface area contributed by atoms with Crippen LogP contribution in [-0.4, -0.2) is 72.4 Å². The van der Waals surface area contributed by atoms with Gasteiger partial charge in [-0.2, -0.15) is 0 Å². The van der Waals surface area contributed by atoms with Gasteiger partial charge < -0.3 is 14.7 Å². The second kappa shape index (κ2) is 7.22. The molecular formula is C14H28N2O3. The minimum absolute atomic E-state index is 0.00295. The molecule has 0 aromatic rings. The van der Waals surface area contributed by atoms with Crippen LogP contribution in [0.4, 0.5) is 0 Å². The zero-order chi connectivity index (χ0) is 14.6. The van der Waals surface area contributed by atoms with Gasteiger partial charge in [0.1, 0.15) is 0 Å². The van der Waals surface area contributed by atoms with Crippen molar-refractivity contribution in [1.82, 2.24) is 9.80 Å². The summed E-state index contributed by atoms with van der Waals surface area (Å²) in [6.07, 6.45) is 0.307. The molecule has 5 nitrogen and oxygen atoms in total. The number of carbonyl (C=O) groups is 1. The van der Waals surface area contributed by atoms with E-state index in [0.29, 0.717) is 6.54 Å². The molecule has 112 valence electrons. The van der Waals surface area contributed by atoms with Gasteiger partial charge in [-0.1, -0.05) is 13.8 Å². The normalized spacial score (nSPS) is 26.5. The van der Waals surface area contributed by atoms with Gasteiger partial charge in [0.25, 0.3) is 0 Å². The fourth-order valence-electron chi connectivity index (χ4n) is 2.79. The van der Waals surface area contributed by atoms with Gasteiger partial charge in [0.2, 0.25) is 5.91 Å². The van der Waals surface area contributed by atoms with Crippen LogP contribution in [0.3, 0.4) is 0 Å². The summed E-state index contributed by atoms with van der Waals surface area (Å²) in [6.45, 7) is 10.2. The Balaban J connectivity index is 2.79. The summed E-state index contributed by atoms with van der Waals surface area (Å²) in [4.78, 5) is 16.4. The second-order valence-electron chi connectivity index (χ2n) is 5.88. The van der Waals surface area contributed by atoms with Crippen molar-refractivity contribution >= 4 is 5.91 Å². The summed E-state index contributed by atoms with van der Waals surface area (Å²) in [7, 11) is 1.75. The molecule has 1 fully saturated rings. The van der Waals surface area contributed by atoms with Gasteiger partial charge in [-0.05, 0) is 19.8 Å². The first-order valence-corrected chi connectivity index (χ1v) is 7.12. The fourth-order valence-corrected chi connectivity index (χ4v) is 2.79. The molecular weight excluding hydrogens is 244 g/mol. The monoisotopic (exact) mass is 272 g/mol. The molecule has 0 spiro atoms. The van der Waals surface area contributed by atoms with E-state index in [9.17, 15) is 4.79 Å². The molecule has 3 atom stereocenters. The van der Waals surface area contributed by atoms with Crippen molar-refractivity contribution in [2.75, 3.05) is 33.3 Å². The molecule has 0 radical (unpaired) electrons. The zero-order valence-electron chi connectivity index (χ0n) is 12.8. The maximum atomic E-state index is 12.5. The molecule has 1 rings (SSSR count). The van der Waals surface area contributed by atoms with Gasteiger partial charge in [0, 0.05) is 26.7 Å². The highest BCUT2D eigenvalue weighted by molar-refractivity contribution is 5.82. The topological polar surface area (TPSA) is 53.0 Å². The molecule has 5 heteroatoms.